The van der Waals surface area contributed by atoms with E-state index in [1.54, 1.807) is 23.1 Å². The minimum absolute atomic E-state index is 0.000448. The van der Waals surface area contributed by atoms with E-state index in [0.717, 1.165) is 11.4 Å². The number of amides is 1. The minimum Gasteiger partial charge on any atom is -0.465 e. The maximum Gasteiger partial charge on any atom is 0.337 e. The van der Waals surface area contributed by atoms with Crippen LogP contribution < -0.4 is 10.2 Å². The van der Waals surface area contributed by atoms with Crippen molar-refractivity contribution in [2.45, 2.75) is 19.9 Å². The molecular weight excluding hydrogens is 232 g/mol. The van der Waals surface area contributed by atoms with Gasteiger partial charge in [-0.25, -0.2) is 4.79 Å². The van der Waals surface area contributed by atoms with Crippen LogP contribution in [0.3, 0.4) is 0 Å². The van der Waals surface area contributed by atoms with Crippen LogP contribution in [-0.2, 0) is 9.53 Å². The minimum atomic E-state index is -0.403. The monoisotopic (exact) mass is 248 g/mol. The van der Waals surface area contributed by atoms with E-state index in [1.807, 2.05) is 13.8 Å². The van der Waals surface area contributed by atoms with E-state index in [1.165, 1.54) is 7.11 Å². The number of hydrogen-bond acceptors (Lipinski definition) is 4. The molecule has 1 aliphatic heterocycles. The van der Waals surface area contributed by atoms with Gasteiger partial charge in [0.25, 0.3) is 0 Å². The molecule has 0 saturated carbocycles. The molecule has 96 valence electrons. The molecule has 0 unspecified atom stereocenters. The van der Waals surface area contributed by atoms with E-state index in [4.69, 9.17) is 0 Å². The number of esters is 1. The van der Waals surface area contributed by atoms with Crippen molar-refractivity contribution in [1.29, 1.82) is 0 Å². The van der Waals surface area contributed by atoms with E-state index in [-0.39, 0.29) is 18.5 Å². The molecule has 5 heteroatoms. The number of benzene rings is 1. The van der Waals surface area contributed by atoms with Crippen molar-refractivity contribution in [1.82, 2.24) is 0 Å². The number of nitrogens with one attached hydrogen (secondary N) is 1. The van der Waals surface area contributed by atoms with Crippen LogP contribution in [0.2, 0.25) is 0 Å². The zero-order valence-electron chi connectivity index (χ0n) is 10.7. The van der Waals surface area contributed by atoms with Gasteiger partial charge in [0.2, 0.25) is 5.91 Å². The summed E-state index contributed by atoms with van der Waals surface area (Å²) >= 11 is 0. The van der Waals surface area contributed by atoms with Gasteiger partial charge in [0.15, 0.2) is 0 Å². The quantitative estimate of drug-likeness (QED) is 0.808. The van der Waals surface area contributed by atoms with Crippen molar-refractivity contribution in [3.05, 3.63) is 23.8 Å². The summed E-state index contributed by atoms with van der Waals surface area (Å²) in [5.74, 6) is -0.404. The van der Waals surface area contributed by atoms with Gasteiger partial charge in [0, 0.05) is 6.04 Å². The number of ether oxygens (including phenoxy) is 1. The summed E-state index contributed by atoms with van der Waals surface area (Å²) in [6.45, 7) is 4.17. The molecule has 18 heavy (non-hydrogen) atoms. The lowest BCUT2D eigenvalue weighted by atomic mass is 10.1. The summed E-state index contributed by atoms with van der Waals surface area (Å²) in [4.78, 5) is 25.1. The first-order chi connectivity index (χ1) is 8.54. The third kappa shape index (κ3) is 2.03. The maximum atomic E-state index is 11.9. The molecule has 0 radical (unpaired) electrons. The Labute approximate surface area is 106 Å². The van der Waals surface area contributed by atoms with Crippen molar-refractivity contribution < 1.29 is 14.3 Å². The Morgan fingerprint density at radius 1 is 1.44 bits per heavy atom. The van der Waals surface area contributed by atoms with Gasteiger partial charge in [-0.2, -0.15) is 0 Å². The second kappa shape index (κ2) is 4.68. The van der Waals surface area contributed by atoms with Crippen molar-refractivity contribution in [2.75, 3.05) is 23.9 Å². The molecule has 0 aliphatic carbocycles. The number of hydrogen-bond donors (Lipinski definition) is 1. The normalized spacial score (nSPS) is 14.2. The topological polar surface area (TPSA) is 58.6 Å². The summed E-state index contributed by atoms with van der Waals surface area (Å²) in [6, 6.07) is 5.21. The second-order valence-electron chi connectivity index (χ2n) is 4.43. The SMILES string of the molecule is COC(=O)c1ccc2c(c1)N(C(C)C)C(=O)CN2. The summed E-state index contributed by atoms with van der Waals surface area (Å²) in [7, 11) is 1.34. The molecule has 1 aromatic rings. The van der Waals surface area contributed by atoms with Gasteiger partial charge < -0.3 is 15.0 Å². The lowest BCUT2D eigenvalue weighted by molar-refractivity contribution is -0.117. The highest BCUT2D eigenvalue weighted by molar-refractivity contribution is 6.04. The van der Waals surface area contributed by atoms with Crippen LogP contribution in [0.15, 0.2) is 18.2 Å². The molecule has 0 bridgehead atoms. The van der Waals surface area contributed by atoms with Crippen molar-refractivity contribution in [3.63, 3.8) is 0 Å². The van der Waals surface area contributed by atoms with Gasteiger partial charge in [0.1, 0.15) is 0 Å². The molecule has 5 nitrogen and oxygen atoms in total. The van der Waals surface area contributed by atoms with Crippen LogP contribution >= 0.6 is 0 Å². The highest BCUT2D eigenvalue weighted by atomic mass is 16.5. The maximum absolute atomic E-state index is 11.9. The largest absolute Gasteiger partial charge is 0.465 e. The Bertz CT molecular complexity index is 497. The molecule has 1 amide bonds. The summed E-state index contributed by atoms with van der Waals surface area (Å²) in [5, 5.41) is 3.04. The molecule has 0 saturated heterocycles. The van der Waals surface area contributed by atoms with E-state index >= 15 is 0 Å². The van der Waals surface area contributed by atoms with Crippen LogP contribution in [0.4, 0.5) is 11.4 Å². The first-order valence-electron chi connectivity index (χ1n) is 5.83. The Hall–Kier alpha value is -2.04. The number of anilines is 2. The van der Waals surface area contributed by atoms with Crippen molar-refractivity contribution in [2.24, 2.45) is 0 Å². The van der Waals surface area contributed by atoms with Crippen LogP contribution in [0.1, 0.15) is 24.2 Å². The Morgan fingerprint density at radius 2 is 2.17 bits per heavy atom. The molecule has 1 aromatic carbocycles. The molecule has 1 aliphatic rings. The number of carbonyl (C=O) groups excluding carboxylic acids is 2. The van der Waals surface area contributed by atoms with Gasteiger partial charge in [-0.1, -0.05) is 0 Å². The highest BCUT2D eigenvalue weighted by Crippen LogP contribution is 2.32. The predicted molar refractivity (Wildman–Crippen MR) is 68.9 cm³/mol. The predicted octanol–water partition coefficient (Wildman–Crippen LogP) is 1.64. The molecule has 0 fully saturated rings. The molecule has 0 atom stereocenters. The number of methoxy groups -OCH3 is 1. The summed E-state index contributed by atoms with van der Waals surface area (Å²) in [6.07, 6.45) is 0. The molecule has 0 aromatic heterocycles. The third-order valence-electron chi connectivity index (χ3n) is 2.89. The zero-order valence-corrected chi connectivity index (χ0v) is 10.7. The molecule has 1 heterocycles. The van der Waals surface area contributed by atoms with E-state index in [2.05, 4.69) is 10.1 Å². The average Bonchev–Trinajstić information content (AvgIpc) is 2.36. The van der Waals surface area contributed by atoms with Crippen molar-refractivity contribution >= 4 is 23.3 Å². The Balaban J connectivity index is 2.48. The molecular formula is C13H16N2O3. The lowest BCUT2D eigenvalue weighted by Gasteiger charge is -2.33. The van der Waals surface area contributed by atoms with Gasteiger partial charge in [-0.3, -0.25) is 4.79 Å². The average molecular weight is 248 g/mol. The summed E-state index contributed by atoms with van der Waals surface area (Å²) < 4.78 is 4.69. The number of nitrogens with zero attached hydrogens (tertiary/aromatic N) is 1. The second-order valence-corrected chi connectivity index (χ2v) is 4.43. The molecule has 0 spiro atoms. The fourth-order valence-electron chi connectivity index (χ4n) is 2.08. The zero-order chi connectivity index (χ0) is 13.3. The Kier molecular flexibility index (Phi) is 3.23. The molecule has 1 N–H and O–H groups in total. The summed E-state index contributed by atoms with van der Waals surface area (Å²) in [5.41, 5.74) is 2.03. The first-order valence-corrected chi connectivity index (χ1v) is 5.83. The van der Waals surface area contributed by atoms with E-state index < -0.39 is 5.97 Å². The number of fused-ring (bicyclic) bond motifs is 1. The fraction of sp³-hybridized carbons (Fsp3) is 0.385. The fourth-order valence-corrected chi connectivity index (χ4v) is 2.08. The van der Waals surface area contributed by atoms with Gasteiger partial charge in [-0.15, -0.1) is 0 Å². The standard InChI is InChI=1S/C13H16N2O3/c1-8(2)15-11-6-9(13(17)18-3)4-5-10(11)14-7-12(15)16/h4-6,8,14H,7H2,1-3H3. The third-order valence-corrected chi connectivity index (χ3v) is 2.89. The van der Waals surface area contributed by atoms with Gasteiger partial charge in [-0.05, 0) is 32.0 Å². The van der Waals surface area contributed by atoms with Crippen LogP contribution in [0.25, 0.3) is 0 Å². The highest BCUT2D eigenvalue weighted by Gasteiger charge is 2.26. The van der Waals surface area contributed by atoms with E-state index in [9.17, 15) is 9.59 Å². The van der Waals surface area contributed by atoms with Gasteiger partial charge in [0.05, 0.1) is 30.6 Å². The number of rotatable bonds is 2. The number of carbonyl (C=O) groups is 2. The molecule has 2 rings (SSSR count). The lowest BCUT2D eigenvalue weighted by Crippen LogP contribution is -2.44. The smallest absolute Gasteiger partial charge is 0.337 e. The van der Waals surface area contributed by atoms with E-state index in [0.29, 0.717) is 5.56 Å². The van der Waals surface area contributed by atoms with Gasteiger partial charge >= 0.3 is 5.97 Å². The van der Waals surface area contributed by atoms with Crippen molar-refractivity contribution in [3.8, 4) is 0 Å². The first kappa shape index (κ1) is 12.4. The van der Waals surface area contributed by atoms with Crippen LogP contribution in [-0.4, -0.2) is 31.6 Å². The Morgan fingerprint density at radius 3 is 2.78 bits per heavy atom. The van der Waals surface area contributed by atoms with Crippen LogP contribution in [0.5, 0.6) is 0 Å². The van der Waals surface area contributed by atoms with Crippen LogP contribution in [0, 0.1) is 0 Å².